The first kappa shape index (κ1) is 15.4. The van der Waals surface area contributed by atoms with Crippen LogP contribution in [0.3, 0.4) is 0 Å². The number of piperidine rings is 1. The zero-order chi connectivity index (χ0) is 11.4. The van der Waals surface area contributed by atoms with Crippen molar-refractivity contribution in [1.82, 2.24) is 10.2 Å². The molecule has 1 aromatic rings. The Hall–Kier alpha value is 0.390. The van der Waals surface area contributed by atoms with E-state index in [1.54, 1.807) is 0 Å². The number of hydrogen-bond donors (Lipinski definition) is 1. The summed E-state index contributed by atoms with van der Waals surface area (Å²) in [6.45, 7) is 4.69. The minimum Gasteiger partial charge on any atom is -0.316 e. The molecule has 1 saturated heterocycles. The summed E-state index contributed by atoms with van der Waals surface area (Å²) in [5.74, 6) is 0.835. The largest absolute Gasteiger partial charge is 0.316 e. The van der Waals surface area contributed by atoms with Gasteiger partial charge in [0.1, 0.15) is 0 Å². The van der Waals surface area contributed by atoms with Crippen LogP contribution in [0.4, 0.5) is 0 Å². The molecule has 1 fully saturated rings. The van der Waals surface area contributed by atoms with Crippen LogP contribution < -0.4 is 5.32 Å². The minimum atomic E-state index is 0. The molecule has 0 aromatic carbocycles. The molecular formula is C12H20BrClN2S. The van der Waals surface area contributed by atoms with Crippen LogP contribution in [0.2, 0.25) is 0 Å². The summed E-state index contributed by atoms with van der Waals surface area (Å²) in [5.41, 5.74) is 0. The molecule has 17 heavy (non-hydrogen) atoms. The highest BCUT2D eigenvalue weighted by atomic mass is 79.9. The van der Waals surface area contributed by atoms with Crippen LogP contribution in [-0.2, 0) is 6.54 Å². The molecule has 2 nitrogen and oxygen atoms in total. The van der Waals surface area contributed by atoms with Crippen LogP contribution in [-0.4, -0.2) is 31.6 Å². The molecule has 0 amide bonds. The number of nitrogens with zero attached hydrogens (tertiary/aromatic N) is 1. The van der Waals surface area contributed by atoms with Crippen molar-refractivity contribution in [3.8, 4) is 0 Å². The van der Waals surface area contributed by atoms with E-state index >= 15 is 0 Å². The first-order valence-electron chi connectivity index (χ1n) is 5.86. The van der Waals surface area contributed by atoms with Crippen molar-refractivity contribution in [2.24, 2.45) is 5.92 Å². The van der Waals surface area contributed by atoms with Crippen LogP contribution in [0.1, 0.15) is 17.7 Å². The molecule has 5 heteroatoms. The molecule has 0 aliphatic carbocycles. The van der Waals surface area contributed by atoms with E-state index in [-0.39, 0.29) is 12.4 Å². The molecule has 98 valence electrons. The predicted molar refractivity (Wildman–Crippen MR) is 81.2 cm³/mol. The van der Waals surface area contributed by atoms with Crippen molar-refractivity contribution < 1.29 is 0 Å². The normalized spacial score (nSPS) is 20.3. The smallest absolute Gasteiger partial charge is 0.0325 e. The van der Waals surface area contributed by atoms with Crippen molar-refractivity contribution in [2.45, 2.75) is 19.4 Å². The molecule has 0 radical (unpaired) electrons. The summed E-state index contributed by atoms with van der Waals surface area (Å²) in [7, 11) is 2.22. The van der Waals surface area contributed by atoms with Gasteiger partial charge in [0, 0.05) is 27.8 Å². The lowest BCUT2D eigenvalue weighted by Crippen LogP contribution is -2.36. The average Bonchev–Trinajstić information content (AvgIpc) is 2.65. The molecule has 1 unspecified atom stereocenters. The molecule has 2 heterocycles. The standard InChI is InChI=1S/C12H19BrN2S.ClH/c1-15(7-10-3-2-4-14-6-10)8-12-5-11(13)9-16-12;/h5,9-10,14H,2-4,6-8H2,1H3;1H. The van der Waals surface area contributed by atoms with Gasteiger partial charge in [-0.05, 0) is 60.9 Å². The van der Waals surface area contributed by atoms with E-state index in [0.29, 0.717) is 0 Å². The van der Waals surface area contributed by atoms with Gasteiger partial charge in [0.25, 0.3) is 0 Å². The Labute approximate surface area is 122 Å². The van der Waals surface area contributed by atoms with Crippen LogP contribution in [0, 0.1) is 5.92 Å². The van der Waals surface area contributed by atoms with Gasteiger partial charge < -0.3 is 10.2 Å². The van der Waals surface area contributed by atoms with Gasteiger partial charge in [-0.15, -0.1) is 23.7 Å². The molecule has 2 rings (SSSR count). The number of hydrogen-bond acceptors (Lipinski definition) is 3. The van der Waals surface area contributed by atoms with E-state index in [4.69, 9.17) is 0 Å². The Bertz CT molecular complexity index is 326. The molecule has 1 aromatic heterocycles. The fraction of sp³-hybridized carbons (Fsp3) is 0.667. The van der Waals surface area contributed by atoms with Gasteiger partial charge in [0.15, 0.2) is 0 Å². The number of halogens is 2. The Kier molecular flexibility index (Phi) is 7.04. The van der Waals surface area contributed by atoms with Gasteiger partial charge in [0.2, 0.25) is 0 Å². The lowest BCUT2D eigenvalue weighted by atomic mass is 9.99. The van der Waals surface area contributed by atoms with Crippen LogP contribution >= 0.6 is 39.7 Å². The first-order chi connectivity index (χ1) is 7.74. The van der Waals surface area contributed by atoms with Gasteiger partial charge in [-0.25, -0.2) is 0 Å². The summed E-state index contributed by atoms with van der Waals surface area (Å²) in [4.78, 5) is 3.88. The highest BCUT2D eigenvalue weighted by Crippen LogP contribution is 2.21. The number of nitrogens with one attached hydrogen (secondary N) is 1. The lowest BCUT2D eigenvalue weighted by molar-refractivity contribution is 0.239. The third-order valence-corrected chi connectivity index (χ3v) is 4.70. The Morgan fingerprint density at radius 3 is 3.00 bits per heavy atom. The Morgan fingerprint density at radius 2 is 2.41 bits per heavy atom. The fourth-order valence-corrected chi connectivity index (χ4v) is 3.82. The van der Waals surface area contributed by atoms with E-state index in [1.807, 2.05) is 11.3 Å². The summed E-state index contributed by atoms with van der Waals surface area (Å²) >= 11 is 5.34. The van der Waals surface area contributed by atoms with Crippen LogP contribution in [0.15, 0.2) is 15.9 Å². The second-order valence-electron chi connectivity index (χ2n) is 4.64. The second kappa shape index (κ2) is 7.74. The zero-order valence-corrected chi connectivity index (χ0v) is 13.3. The quantitative estimate of drug-likeness (QED) is 0.905. The highest BCUT2D eigenvalue weighted by Gasteiger charge is 2.15. The first-order valence-corrected chi connectivity index (χ1v) is 7.53. The predicted octanol–water partition coefficient (Wildman–Crippen LogP) is 3.36. The van der Waals surface area contributed by atoms with Crippen LogP contribution in [0.5, 0.6) is 0 Å². The van der Waals surface area contributed by atoms with Crippen molar-refractivity contribution >= 4 is 39.7 Å². The molecule has 1 N–H and O–H groups in total. The minimum absolute atomic E-state index is 0. The second-order valence-corrected chi connectivity index (χ2v) is 6.55. The summed E-state index contributed by atoms with van der Waals surface area (Å²) in [5, 5.41) is 5.63. The molecule has 0 spiro atoms. The maximum atomic E-state index is 3.50. The highest BCUT2D eigenvalue weighted by molar-refractivity contribution is 9.10. The molecule has 1 atom stereocenters. The molecule has 1 aliphatic rings. The van der Waals surface area contributed by atoms with Gasteiger partial charge in [-0.1, -0.05) is 0 Å². The topological polar surface area (TPSA) is 15.3 Å². The van der Waals surface area contributed by atoms with E-state index in [0.717, 1.165) is 12.5 Å². The van der Waals surface area contributed by atoms with Crippen molar-refractivity contribution in [3.05, 3.63) is 20.8 Å². The molecule has 0 saturated carbocycles. The van der Waals surface area contributed by atoms with E-state index in [2.05, 4.69) is 44.6 Å². The van der Waals surface area contributed by atoms with E-state index < -0.39 is 0 Å². The maximum Gasteiger partial charge on any atom is 0.0325 e. The van der Waals surface area contributed by atoms with E-state index in [1.165, 1.54) is 41.8 Å². The third kappa shape index (κ3) is 5.26. The lowest BCUT2D eigenvalue weighted by Gasteiger charge is -2.27. The summed E-state index contributed by atoms with van der Waals surface area (Å²) < 4.78 is 1.21. The van der Waals surface area contributed by atoms with Gasteiger partial charge in [-0.2, -0.15) is 0 Å². The fourth-order valence-electron chi connectivity index (χ4n) is 2.29. The molecular weight excluding hydrogens is 320 g/mol. The number of rotatable bonds is 4. The molecule has 1 aliphatic heterocycles. The Balaban J connectivity index is 0.00000144. The monoisotopic (exact) mass is 338 g/mol. The van der Waals surface area contributed by atoms with Crippen molar-refractivity contribution in [1.29, 1.82) is 0 Å². The average molecular weight is 340 g/mol. The zero-order valence-electron chi connectivity index (χ0n) is 10.1. The SMILES string of the molecule is CN(Cc1cc(Br)cs1)CC1CCCNC1.Cl. The summed E-state index contributed by atoms with van der Waals surface area (Å²) in [6.07, 6.45) is 2.72. The molecule has 0 bridgehead atoms. The van der Waals surface area contributed by atoms with Crippen LogP contribution in [0.25, 0.3) is 0 Å². The van der Waals surface area contributed by atoms with Crippen molar-refractivity contribution in [2.75, 3.05) is 26.7 Å². The van der Waals surface area contributed by atoms with Gasteiger partial charge >= 0.3 is 0 Å². The van der Waals surface area contributed by atoms with Crippen molar-refractivity contribution in [3.63, 3.8) is 0 Å². The van der Waals surface area contributed by atoms with Gasteiger partial charge in [0.05, 0.1) is 0 Å². The maximum absolute atomic E-state index is 3.50. The summed E-state index contributed by atoms with van der Waals surface area (Å²) in [6, 6.07) is 2.22. The number of thiophene rings is 1. The Morgan fingerprint density at radius 1 is 1.59 bits per heavy atom. The van der Waals surface area contributed by atoms with Gasteiger partial charge in [-0.3, -0.25) is 0 Å². The van der Waals surface area contributed by atoms with E-state index in [9.17, 15) is 0 Å². The third-order valence-electron chi connectivity index (χ3n) is 3.02.